The molecule has 0 aliphatic carbocycles. The Labute approximate surface area is 88.7 Å². The van der Waals surface area contributed by atoms with E-state index >= 15 is 0 Å². The maximum atomic E-state index is 4.10. The van der Waals surface area contributed by atoms with Crippen molar-refractivity contribution in [1.82, 2.24) is 10.2 Å². The van der Waals surface area contributed by atoms with Crippen molar-refractivity contribution in [3.05, 3.63) is 17.8 Å². The molecule has 1 aliphatic rings. The second kappa shape index (κ2) is 3.42. The largest absolute Gasteiger partial charge is 0.364 e. The van der Waals surface area contributed by atoms with Crippen molar-refractivity contribution in [2.75, 3.05) is 11.1 Å². The summed E-state index contributed by atoms with van der Waals surface area (Å²) in [6.07, 6.45) is 0. The molecule has 0 bridgehead atoms. The molecule has 3 nitrogen and oxygen atoms in total. The van der Waals surface area contributed by atoms with Gasteiger partial charge in [0.05, 0.1) is 11.7 Å². The van der Waals surface area contributed by atoms with Crippen molar-refractivity contribution in [1.29, 1.82) is 0 Å². The van der Waals surface area contributed by atoms with Crippen LogP contribution in [0.5, 0.6) is 0 Å². The molecule has 0 radical (unpaired) electrons. The third-order valence-electron chi connectivity index (χ3n) is 2.58. The summed E-state index contributed by atoms with van der Waals surface area (Å²) >= 11 is 1.98. The fraction of sp³-hybridized carbons (Fsp3) is 0.600. The van der Waals surface area contributed by atoms with Gasteiger partial charge >= 0.3 is 0 Å². The smallest absolute Gasteiger partial charge is 0.148 e. The van der Waals surface area contributed by atoms with Crippen molar-refractivity contribution in [3.63, 3.8) is 0 Å². The predicted octanol–water partition coefficient (Wildman–Crippen LogP) is 2.09. The van der Waals surface area contributed by atoms with Crippen LogP contribution in [0.1, 0.15) is 19.5 Å². The Kier molecular flexibility index (Phi) is 2.39. The average Bonchev–Trinajstić information content (AvgIpc) is 2.15. The molecule has 1 fully saturated rings. The summed E-state index contributed by atoms with van der Waals surface area (Å²) in [5.41, 5.74) is 0.956. The molecule has 1 saturated heterocycles. The van der Waals surface area contributed by atoms with Gasteiger partial charge in [0.15, 0.2) is 0 Å². The minimum absolute atomic E-state index is 0.326. The van der Waals surface area contributed by atoms with Crippen molar-refractivity contribution < 1.29 is 0 Å². The highest BCUT2D eigenvalue weighted by Gasteiger charge is 2.39. The van der Waals surface area contributed by atoms with E-state index in [0.717, 1.165) is 17.3 Å². The number of hydrogen-bond donors (Lipinski definition) is 1. The van der Waals surface area contributed by atoms with Crippen LogP contribution in [-0.4, -0.2) is 26.7 Å². The molecule has 14 heavy (non-hydrogen) atoms. The van der Waals surface area contributed by atoms with E-state index in [9.17, 15) is 0 Å². The third-order valence-corrected chi connectivity index (χ3v) is 4.11. The molecular formula is C10H15N3S. The molecule has 2 rings (SSSR count). The molecule has 1 aromatic heterocycles. The molecule has 1 N–H and O–H groups in total. The Hall–Kier alpha value is -0.770. The molecule has 0 amide bonds. The van der Waals surface area contributed by atoms with Gasteiger partial charge in [0.2, 0.25) is 0 Å². The van der Waals surface area contributed by atoms with Gasteiger partial charge in [-0.15, -0.1) is 5.10 Å². The SMILES string of the molecule is Cc1ccc(NC2CSC2(C)C)nn1. The second-order valence-corrected chi connectivity index (χ2v) is 5.85. The Bertz CT molecular complexity index is 321. The van der Waals surface area contributed by atoms with Gasteiger partial charge in [-0.2, -0.15) is 16.9 Å². The van der Waals surface area contributed by atoms with Crippen LogP contribution < -0.4 is 5.32 Å². The standard InChI is InChI=1S/C10H15N3S/c1-7-4-5-9(13-12-7)11-8-6-14-10(8,2)3/h4-5,8H,6H2,1-3H3,(H,11,13). The summed E-state index contributed by atoms with van der Waals surface area (Å²) in [6.45, 7) is 6.45. The summed E-state index contributed by atoms with van der Waals surface area (Å²) < 4.78 is 0.326. The summed E-state index contributed by atoms with van der Waals surface area (Å²) in [5.74, 6) is 2.04. The number of anilines is 1. The van der Waals surface area contributed by atoms with Crippen LogP contribution >= 0.6 is 11.8 Å². The Balaban J connectivity index is 2.01. The lowest BCUT2D eigenvalue weighted by Gasteiger charge is -2.44. The minimum atomic E-state index is 0.326. The van der Waals surface area contributed by atoms with Crippen molar-refractivity contribution >= 4 is 17.6 Å². The zero-order valence-corrected chi connectivity index (χ0v) is 9.56. The molecule has 4 heteroatoms. The number of rotatable bonds is 2. The van der Waals surface area contributed by atoms with Crippen molar-refractivity contribution in [2.24, 2.45) is 0 Å². The van der Waals surface area contributed by atoms with E-state index in [4.69, 9.17) is 0 Å². The molecular weight excluding hydrogens is 194 g/mol. The quantitative estimate of drug-likeness (QED) is 0.809. The molecule has 1 aromatic rings. The molecule has 1 unspecified atom stereocenters. The monoisotopic (exact) mass is 209 g/mol. The maximum Gasteiger partial charge on any atom is 0.148 e. The van der Waals surface area contributed by atoms with Gasteiger partial charge in [0.25, 0.3) is 0 Å². The zero-order valence-electron chi connectivity index (χ0n) is 8.74. The van der Waals surface area contributed by atoms with Crippen LogP contribution in [0.3, 0.4) is 0 Å². The fourth-order valence-electron chi connectivity index (χ4n) is 1.37. The first-order chi connectivity index (χ1) is 6.58. The van der Waals surface area contributed by atoms with Gasteiger partial charge < -0.3 is 5.32 Å². The zero-order chi connectivity index (χ0) is 10.2. The number of aromatic nitrogens is 2. The molecule has 1 atom stereocenters. The number of nitrogens with zero attached hydrogens (tertiary/aromatic N) is 2. The minimum Gasteiger partial charge on any atom is -0.364 e. The van der Waals surface area contributed by atoms with Crippen LogP contribution in [0, 0.1) is 6.92 Å². The van der Waals surface area contributed by atoms with E-state index in [1.54, 1.807) is 0 Å². The molecule has 1 aliphatic heterocycles. The molecule has 76 valence electrons. The summed E-state index contributed by atoms with van der Waals surface area (Å²) in [6, 6.07) is 4.49. The van der Waals surface area contributed by atoms with Gasteiger partial charge in [-0.25, -0.2) is 0 Å². The topological polar surface area (TPSA) is 37.8 Å². The second-order valence-electron chi connectivity index (χ2n) is 4.17. The Morgan fingerprint density at radius 1 is 1.43 bits per heavy atom. The van der Waals surface area contributed by atoms with Crippen LogP contribution in [0.4, 0.5) is 5.82 Å². The predicted molar refractivity (Wildman–Crippen MR) is 60.7 cm³/mol. The first-order valence-electron chi connectivity index (χ1n) is 4.79. The molecule has 0 saturated carbocycles. The molecule has 0 spiro atoms. The highest BCUT2D eigenvalue weighted by molar-refractivity contribution is 8.02. The first kappa shape index (κ1) is 9.77. The summed E-state index contributed by atoms with van der Waals surface area (Å²) in [7, 11) is 0. The van der Waals surface area contributed by atoms with Gasteiger partial charge in [0, 0.05) is 10.5 Å². The van der Waals surface area contributed by atoms with Crippen LogP contribution in [-0.2, 0) is 0 Å². The Morgan fingerprint density at radius 3 is 2.64 bits per heavy atom. The molecule has 0 aromatic carbocycles. The average molecular weight is 209 g/mol. The van der Waals surface area contributed by atoms with Crippen molar-refractivity contribution in [3.8, 4) is 0 Å². The van der Waals surface area contributed by atoms with Crippen molar-refractivity contribution in [2.45, 2.75) is 31.6 Å². The lowest BCUT2D eigenvalue weighted by Crippen LogP contribution is -2.50. The first-order valence-corrected chi connectivity index (χ1v) is 5.77. The van der Waals surface area contributed by atoms with Crippen LogP contribution in [0.25, 0.3) is 0 Å². The van der Waals surface area contributed by atoms with Gasteiger partial charge in [0.1, 0.15) is 5.82 Å². The fourth-order valence-corrected chi connectivity index (χ4v) is 2.51. The summed E-state index contributed by atoms with van der Waals surface area (Å²) in [4.78, 5) is 0. The van der Waals surface area contributed by atoms with E-state index in [1.807, 2.05) is 30.8 Å². The number of hydrogen-bond acceptors (Lipinski definition) is 4. The third kappa shape index (κ3) is 1.85. The summed E-state index contributed by atoms with van der Waals surface area (Å²) in [5, 5.41) is 11.5. The van der Waals surface area contributed by atoms with Crippen LogP contribution in [0.2, 0.25) is 0 Å². The van der Waals surface area contributed by atoms with Gasteiger partial charge in [-0.1, -0.05) is 0 Å². The number of thioether (sulfide) groups is 1. The molecule has 2 heterocycles. The number of aryl methyl sites for hydroxylation is 1. The normalized spacial score (nSPS) is 24.1. The van der Waals surface area contributed by atoms with E-state index in [2.05, 4.69) is 29.4 Å². The maximum absolute atomic E-state index is 4.10. The van der Waals surface area contributed by atoms with E-state index in [0.29, 0.717) is 10.8 Å². The van der Waals surface area contributed by atoms with Gasteiger partial charge in [-0.05, 0) is 32.9 Å². The van der Waals surface area contributed by atoms with E-state index in [1.165, 1.54) is 0 Å². The van der Waals surface area contributed by atoms with E-state index < -0.39 is 0 Å². The number of nitrogens with one attached hydrogen (secondary N) is 1. The van der Waals surface area contributed by atoms with E-state index in [-0.39, 0.29) is 0 Å². The van der Waals surface area contributed by atoms with Gasteiger partial charge in [-0.3, -0.25) is 0 Å². The lowest BCUT2D eigenvalue weighted by atomic mass is 10.0. The lowest BCUT2D eigenvalue weighted by molar-refractivity contribution is 0.573. The van der Waals surface area contributed by atoms with Crippen LogP contribution in [0.15, 0.2) is 12.1 Å². The highest BCUT2D eigenvalue weighted by Crippen LogP contribution is 2.41. The highest BCUT2D eigenvalue weighted by atomic mass is 32.2. The Morgan fingerprint density at radius 2 is 2.21 bits per heavy atom.